The first-order chi connectivity index (χ1) is 10.4. The number of rotatable bonds is 7. The van der Waals surface area contributed by atoms with Crippen LogP contribution >= 0.6 is 0 Å². The van der Waals surface area contributed by atoms with Gasteiger partial charge < -0.3 is 9.80 Å². The van der Waals surface area contributed by atoms with Crippen LogP contribution in [-0.4, -0.2) is 96.9 Å². The predicted octanol–water partition coefficient (Wildman–Crippen LogP) is 0.339. The summed E-state index contributed by atoms with van der Waals surface area (Å²) in [6.45, 7) is 14.0. The van der Waals surface area contributed by atoms with Crippen molar-refractivity contribution in [3.8, 4) is 0 Å². The lowest BCUT2D eigenvalue weighted by Crippen LogP contribution is -2.52. The molecule has 1 aliphatic heterocycles. The van der Waals surface area contributed by atoms with Gasteiger partial charge in [0.05, 0.1) is 13.1 Å². The van der Waals surface area contributed by atoms with Crippen molar-refractivity contribution in [3.05, 3.63) is 0 Å². The number of amides is 2. The molecular weight excluding hydrogens is 280 g/mol. The van der Waals surface area contributed by atoms with Gasteiger partial charge in [0.15, 0.2) is 0 Å². The van der Waals surface area contributed by atoms with Gasteiger partial charge in [0.2, 0.25) is 11.8 Å². The minimum atomic E-state index is 0.169. The number of hydrogen-bond donors (Lipinski definition) is 0. The molecule has 0 saturated carbocycles. The minimum Gasteiger partial charge on any atom is -0.342 e. The monoisotopic (exact) mass is 312 g/mol. The lowest BCUT2D eigenvalue weighted by Gasteiger charge is -2.35. The van der Waals surface area contributed by atoms with E-state index >= 15 is 0 Å². The van der Waals surface area contributed by atoms with Gasteiger partial charge in [-0.05, 0) is 27.7 Å². The van der Waals surface area contributed by atoms with Crippen molar-refractivity contribution in [1.82, 2.24) is 19.6 Å². The Hall–Kier alpha value is -1.14. The molecule has 0 aliphatic carbocycles. The fraction of sp³-hybridized carbons (Fsp3) is 0.875. The fourth-order valence-electron chi connectivity index (χ4n) is 2.56. The highest BCUT2D eigenvalue weighted by Gasteiger charge is 2.23. The van der Waals surface area contributed by atoms with Gasteiger partial charge in [-0.1, -0.05) is 0 Å². The standard InChI is InChI=1S/C16H32N4O2/c1-6-20(7-2)16(22)13-19-10-8-18(9-11-19)12-15(21)17(5)14(3)4/h14H,6-13H2,1-5H3. The summed E-state index contributed by atoms with van der Waals surface area (Å²) < 4.78 is 0. The zero-order valence-electron chi connectivity index (χ0n) is 14.8. The van der Waals surface area contributed by atoms with Crippen LogP contribution < -0.4 is 0 Å². The zero-order chi connectivity index (χ0) is 16.7. The van der Waals surface area contributed by atoms with E-state index in [2.05, 4.69) is 9.80 Å². The van der Waals surface area contributed by atoms with Crippen LogP contribution in [0.15, 0.2) is 0 Å². The molecule has 0 radical (unpaired) electrons. The lowest BCUT2D eigenvalue weighted by molar-refractivity contribution is -0.135. The maximum atomic E-state index is 12.1. The normalized spacial score (nSPS) is 16.8. The Morgan fingerprint density at radius 3 is 1.68 bits per heavy atom. The molecule has 0 spiro atoms. The number of likely N-dealkylation sites (N-methyl/N-ethyl adjacent to an activating group) is 2. The first kappa shape index (κ1) is 18.9. The Balaban J connectivity index is 2.34. The highest BCUT2D eigenvalue weighted by Crippen LogP contribution is 2.04. The molecule has 2 amide bonds. The third kappa shape index (κ3) is 5.57. The van der Waals surface area contributed by atoms with Crippen molar-refractivity contribution in [2.45, 2.75) is 33.7 Å². The zero-order valence-corrected chi connectivity index (χ0v) is 14.8. The van der Waals surface area contributed by atoms with Crippen molar-refractivity contribution in [2.24, 2.45) is 0 Å². The van der Waals surface area contributed by atoms with Crippen molar-refractivity contribution in [1.29, 1.82) is 0 Å². The van der Waals surface area contributed by atoms with Gasteiger partial charge in [0.1, 0.15) is 0 Å². The van der Waals surface area contributed by atoms with E-state index in [0.29, 0.717) is 13.1 Å². The van der Waals surface area contributed by atoms with Crippen LogP contribution in [0.5, 0.6) is 0 Å². The van der Waals surface area contributed by atoms with Crippen LogP contribution in [0, 0.1) is 0 Å². The number of hydrogen-bond acceptors (Lipinski definition) is 4. The van der Waals surface area contributed by atoms with Crippen LogP contribution in [0.1, 0.15) is 27.7 Å². The lowest BCUT2D eigenvalue weighted by atomic mass is 10.2. The van der Waals surface area contributed by atoms with Gasteiger partial charge in [-0.2, -0.15) is 0 Å². The molecule has 0 aromatic heterocycles. The van der Waals surface area contributed by atoms with E-state index in [0.717, 1.165) is 39.3 Å². The quantitative estimate of drug-likeness (QED) is 0.680. The Bertz CT molecular complexity index is 337. The molecule has 0 aromatic carbocycles. The number of piperazine rings is 1. The van der Waals surface area contributed by atoms with Crippen LogP contribution in [0.3, 0.4) is 0 Å². The third-order valence-corrected chi connectivity index (χ3v) is 4.47. The molecule has 22 heavy (non-hydrogen) atoms. The van der Waals surface area contributed by atoms with E-state index in [-0.39, 0.29) is 17.9 Å². The third-order valence-electron chi connectivity index (χ3n) is 4.47. The van der Waals surface area contributed by atoms with Gasteiger partial charge in [-0.25, -0.2) is 0 Å². The number of carbonyl (C=O) groups excluding carboxylic acids is 2. The highest BCUT2D eigenvalue weighted by molar-refractivity contribution is 5.78. The molecule has 0 atom stereocenters. The van der Waals surface area contributed by atoms with Crippen molar-refractivity contribution < 1.29 is 9.59 Å². The Labute approximate surface area is 135 Å². The summed E-state index contributed by atoms with van der Waals surface area (Å²) >= 11 is 0. The SMILES string of the molecule is CCN(CC)C(=O)CN1CCN(CC(=O)N(C)C(C)C)CC1. The summed E-state index contributed by atoms with van der Waals surface area (Å²) in [6.07, 6.45) is 0. The van der Waals surface area contributed by atoms with Crippen molar-refractivity contribution in [3.63, 3.8) is 0 Å². The van der Waals surface area contributed by atoms with Crippen LogP contribution in [-0.2, 0) is 9.59 Å². The second-order valence-corrected chi connectivity index (χ2v) is 6.22. The molecule has 0 aromatic rings. The average Bonchev–Trinajstić information content (AvgIpc) is 2.49. The summed E-state index contributed by atoms with van der Waals surface area (Å²) in [7, 11) is 1.85. The molecule has 1 saturated heterocycles. The molecule has 0 unspecified atom stereocenters. The van der Waals surface area contributed by atoms with E-state index in [1.165, 1.54) is 0 Å². The molecule has 1 rings (SSSR count). The van der Waals surface area contributed by atoms with Crippen LogP contribution in [0.25, 0.3) is 0 Å². The molecule has 1 aliphatic rings. The smallest absolute Gasteiger partial charge is 0.236 e. The first-order valence-electron chi connectivity index (χ1n) is 8.37. The van der Waals surface area contributed by atoms with Gasteiger partial charge in [0, 0.05) is 52.4 Å². The molecule has 1 heterocycles. The van der Waals surface area contributed by atoms with Crippen molar-refractivity contribution >= 4 is 11.8 Å². The van der Waals surface area contributed by atoms with E-state index in [4.69, 9.17) is 0 Å². The maximum Gasteiger partial charge on any atom is 0.236 e. The first-order valence-corrected chi connectivity index (χ1v) is 8.37. The van der Waals surface area contributed by atoms with E-state index in [9.17, 15) is 9.59 Å². The molecular formula is C16H32N4O2. The van der Waals surface area contributed by atoms with E-state index in [1.807, 2.05) is 39.6 Å². The van der Waals surface area contributed by atoms with Gasteiger partial charge in [-0.15, -0.1) is 0 Å². The second kappa shape index (κ2) is 9.10. The number of carbonyl (C=O) groups is 2. The molecule has 6 heteroatoms. The molecule has 0 bridgehead atoms. The van der Waals surface area contributed by atoms with Gasteiger partial charge in [0.25, 0.3) is 0 Å². The minimum absolute atomic E-state index is 0.169. The molecule has 128 valence electrons. The largest absolute Gasteiger partial charge is 0.342 e. The molecule has 0 N–H and O–H groups in total. The Morgan fingerprint density at radius 2 is 1.32 bits per heavy atom. The Morgan fingerprint density at radius 1 is 0.909 bits per heavy atom. The van der Waals surface area contributed by atoms with Crippen molar-refractivity contribution in [2.75, 3.05) is 59.4 Å². The van der Waals surface area contributed by atoms with Crippen LogP contribution in [0.2, 0.25) is 0 Å². The summed E-state index contributed by atoms with van der Waals surface area (Å²) in [4.78, 5) is 32.2. The van der Waals surface area contributed by atoms with Gasteiger partial charge in [-0.3, -0.25) is 19.4 Å². The topological polar surface area (TPSA) is 47.1 Å². The van der Waals surface area contributed by atoms with Crippen LogP contribution in [0.4, 0.5) is 0 Å². The second-order valence-electron chi connectivity index (χ2n) is 6.22. The van der Waals surface area contributed by atoms with Gasteiger partial charge >= 0.3 is 0 Å². The molecule has 1 fully saturated rings. The maximum absolute atomic E-state index is 12.1. The number of nitrogens with zero attached hydrogens (tertiary/aromatic N) is 4. The molecule has 6 nitrogen and oxygen atoms in total. The van der Waals surface area contributed by atoms with E-state index < -0.39 is 0 Å². The summed E-state index contributed by atoms with van der Waals surface area (Å²) in [5.74, 6) is 0.372. The van der Waals surface area contributed by atoms with E-state index in [1.54, 1.807) is 4.90 Å². The fourth-order valence-corrected chi connectivity index (χ4v) is 2.56. The summed E-state index contributed by atoms with van der Waals surface area (Å²) in [6, 6.07) is 0.237. The highest BCUT2D eigenvalue weighted by atomic mass is 16.2. The summed E-state index contributed by atoms with van der Waals surface area (Å²) in [5.41, 5.74) is 0. The average molecular weight is 312 g/mol. The predicted molar refractivity (Wildman–Crippen MR) is 88.7 cm³/mol. The Kier molecular flexibility index (Phi) is 7.82. The summed E-state index contributed by atoms with van der Waals surface area (Å²) in [5, 5.41) is 0.